The smallest absolute Gasteiger partial charge is 0.348 e. The summed E-state index contributed by atoms with van der Waals surface area (Å²) in [5.74, 6) is -0.902. The minimum atomic E-state index is -0.707. The van der Waals surface area contributed by atoms with E-state index in [9.17, 15) is 9.59 Å². The van der Waals surface area contributed by atoms with E-state index < -0.39 is 17.7 Å². The molecule has 0 unspecified atom stereocenters. The van der Waals surface area contributed by atoms with Crippen LogP contribution in [-0.4, -0.2) is 23.6 Å². The van der Waals surface area contributed by atoms with Gasteiger partial charge in [0.1, 0.15) is 11.5 Å². The fourth-order valence-electron chi connectivity index (χ4n) is 1.67. The molecule has 1 aliphatic rings. The van der Waals surface area contributed by atoms with Crippen LogP contribution in [0.5, 0.6) is 0 Å². The Morgan fingerprint density at radius 1 is 1.50 bits per heavy atom. The summed E-state index contributed by atoms with van der Waals surface area (Å²) in [6.07, 6.45) is 0.140. The maximum Gasteiger partial charge on any atom is 0.348 e. The molecule has 0 radical (unpaired) electrons. The van der Waals surface area contributed by atoms with Crippen LogP contribution < -0.4 is 0 Å². The molecule has 16 heavy (non-hydrogen) atoms. The Labute approximate surface area is 96.3 Å². The summed E-state index contributed by atoms with van der Waals surface area (Å²) in [7, 11) is 0. The fourth-order valence-corrected chi connectivity index (χ4v) is 1.67. The third-order valence-corrected chi connectivity index (χ3v) is 2.74. The van der Waals surface area contributed by atoms with Gasteiger partial charge >= 0.3 is 11.9 Å². The summed E-state index contributed by atoms with van der Waals surface area (Å²) in [5, 5.41) is 0. The number of esters is 2. The van der Waals surface area contributed by atoms with E-state index in [4.69, 9.17) is 9.47 Å². The molecule has 1 saturated heterocycles. The van der Waals surface area contributed by atoms with Gasteiger partial charge in [0, 0.05) is 0 Å². The lowest BCUT2D eigenvalue weighted by molar-refractivity contribution is -0.207. The Balaban J connectivity index is 2.62. The SMILES string of the molecule is CC[C@H](C)[C@@H]1C(=O)O[C@H]1C(=O)OC(C)(C)C. The standard InChI is InChI=1S/C12H20O4/c1-6-7(2)8-9(15-10(8)13)11(14)16-12(3,4)5/h7-9H,6H2,1-5H3/t7-,8-,9+/m0/s1. The zero-order valence-electron chi connectivity index (χ0n) is 10.6. The molecule has 0 saturated carbocycles. The van der Waals surface area contributed by atoms with Gasteiger partial charge in [-0.3, -0.25) is 4.79 Å². The highest BCUT2D eigenvalue weighted by Gasteiger charge is 2.51. The highest BCUT2D eigenvalue weighted by Crippen LogP contribution is 2.32. The number of hydrogen-bond acceptors (Lipinski definition) is 4. The second-order valence-corrected chi connectivity index (χ2v) is 5.30. The number of carbonyl (C=O) groups is 2. The lowest BCUT2D eigenvalue weighted by Crippen LogP contribution is -2.54. The normalized spacial score (nSPS) is 26.7. The molecule has 0 N–H and O–H groups in total. The Morgan fingerprint density at radius 3 is 2.44 bits per heavy atom. The molecule has 1 fully saturated rings. The quantitative estimate of drug-likeness (QED) is 0.692. The second kappa shape index (κ2) is 4.44. The third kappa shape index (κ3) is 2.74. The summed E-state index contributed by atoms with van der Waals surface area (Å²) in [6.45, 7) is 9.32. The highest BCUT2D eigenvalue weighted by atomic mass is 16.6. The van der Waals surface area contributed by atoms with Crippen molar-refractivity contribution in [3.8, 4) is 0 Å². The van der Waals surface area contributed by atoms with Crippen LogP contribution in [0.4, 0.5) is 0 Å². The average Bonchev–Trinajstić information content (AvgIpc) is 2.10. The number of ether oxygens (including phenoxy) is 2. The Morgan fingerprint density at radius 2 is 2.06 bits per heavy atom. The van der Waals surface area contributed by atoms with Gasteiger partial charge in [-0.05, 0) is 26.7 Å². The van der Waals surface area contributed by atoms with Crippen LogP contribution in [0.15, 0.2) is 0 Å². The predicted molar refractivity (Wildman–Crippen MR) is 58.7 cm³/mol. The van der Waals surface area contributed by atoms with E-state index in [1.807, 2.05) is 13.8 Å². The van der Waals surface area contributed by atoms with E-state index in [1.165, 1.54) is 0 Å². The number of carbonyl (C=O) groups excluding carboxylic acids is 2. The average molecular weight is 228 g/mol. The Kier molecular flexibility index (Phi) is 3.61. The van der Waals surface area contributed by atoms with Crippen LogP contribution in [0, 0.1) is 11.8 Å². The van der Waals surface area contributed by atoms with E-state index in [2.05, 4.69) is 0 Å². The van der Waals surface area contributed by atoms with Crippen LogP contribution in [0.25, 0.3) is 0 Å². The summed E-state index contributed by atoms with van der Waals surface area (Å²) in [5.41, 5.74) is -0.543. The lowest BCUT2D eigenvalue weighted by atomic mass is 9.83. The summed E-state index contributed by atoms with van der Waals surface area (Å²) in [6, 6.07) is 0. The first-order valence-corrected chi connectivity index (χ1v) is 5.69. The molecule has 0 aromatic carbocycles. The van der Waals surface area contributed by atoms with Gasteiger partial charge in [0.25, 0.3) is 0 Å². The van der Waals surface area contributed by atoms with Gasteiger partial charge in [0.05, 0.1) is 0 Å². The van der Waals surface area contributed by atoms with E-state index in [0.29, 0.717) is 0 Å². The zero-order valence-corrected chi connectivity index (χ0v) is 10.6. The second-order valence-electron chi connectivity index (χ2n) is 5.30. The van der Waals surface area contributed by atoms with Crippen molar-refractivity contribution in [3.05, 3.63) is 0 Å². The van der Waals surface area contributed by atoms with Gasteiger partial charge in [-0.15, -0.1) is 0 Å². The van der Waals surface area contributed by atoms with Crippen LogP contribution in [0.2, 0.25) is 0 Å². The van der Waals surface area contributed by atoms with Gasteiger partial charge in [-0.1, -0.05) is 20.3 Å². The first kappa shape index (κ1) is 13.0. The predicted octanol–water partition coefficient (Wildman–Crippen LogP) is 1.92. The Bertz CT molecular complexity index is 290. The van der Waals surface area contributed by atoms with Crippen molar-refractivity contribution < 1.29 is 19.1 Å². The molecule has 1 heterocycles. The first-order valence-electron chi connectivity index (χ1n) is 5.69. The molecule has 0 amide bonds. The minimum Gasteiger partial charge on any atom is -0.457 e. The van der Waals surface area contributed by atoms with Crippen molar-refractivity contribution in [2.75, 3.05) is 0 Å². The molecular weight excluding hydrogens is 208 g/mol. The van der Waals surface area contributed by atoms with Crippen molar-refractivity contribution in [3.63, 3.8) is 0 Å². The van der Waals surface area contributed by atoms with E-state index in [0.717, 1.165) is 6.42 Å². The number of rotatable bonds is 3. The van der Waals surface area contributed by atoms with Gasteiger partial charge in [0.15, 0.2) is 0 Å². The molecule has 4 heteroatoms. The van der Waals surface area contributed by atoms with Crippen LogP contribution >= 0.6 is 0 Å². The lowest BCUT2D eigenvalue weighted by Gasteiger charge is -2.37. The molecule has 0 aliphatic carbocycles. The molecular formula is C12H20O4. The maximum absolute atomic E-state index is 11.7. The molecule has 4 nitrogen and oxygen atoms in total. The van der Waals surface area contributed by atoms with Crippen LogP contribution in [-0.2, 0) is 19.1 Å². The Hall–Kier alpha value is -1.06. The van der Waals surface area contributed by atoms with Crippen molar-refractivity contribution in [2.45, 2.75) is 52.7 Å². The van der Waals surface area contributed by atoms with Gasteiger partial charge in [0.2, 0.25) is 6.10 Å². The van der Waals surface area contributed by atoms with E-state index in [1.54, 1.807) is 20.8 Å². The largest absolute Gasteiger partial charge is 0.457 e. The van der Waals surface area contributed by atoms with E-state index in [-0.39, 0.29) is 17.8 Å². The van der Waals surface area contributed by atoms with Crippen molar-refractivity contribution in [1.29, 1.82) is 0 Å². The minimum absolute atomic E-state index is 0.152. The molecule has 0 spiro atoms. The monoisotopic (exact) mass is 228 g/mol. The molecule has 0 aromatic rings. The van der Waals surface area contributed by atoms with Crippen LogP contribution in [0.3, 0.4) is 0 Å². The van der Waals surface area contributed by atoms with Crippen molar-refractivity contribution in [2.24, 2.45) is 11.8 Å². The molecule has 1 rings (SSSR count). The molecule has 0 aromatic heterocycles. The van der Waals surface area contributed by atoms with Gasteiger partial charge in [-0.25, -0.2) is 4.79 Å². The van der Waals surface area contributed by atoms with Crippen LogP contribution in [0.1, 0.15) is 41.0 Å². The molecule has 0 bridgehead atoms. The summed E-state index contributed by atoms with van der Waals surface area (Å²) >= 11 is 0. The zero-order chi connectivity index (χ0) is 12.5. The molecule has 92 valence electrons. The maximum atomic E-state index is 11.7. The summed E-state index contributed by atoms with van der Waals surface area (Å²) in [4.78, 5) is 23.0. The molecule has 1 aliphatic heterocycles. The number of cyclic esters (lactones) is 1. The van der Waals surface area contributed by atoms with Crippen molar-refractivity contribution in [1.82, 2.24) is 0 Å². The fraction of sp³-hybridized carbons (Fsp3) is 0.833. The first-order chi connectivity index (χ1) is 7.26. The third-order valence-electron chi connectivity index (χ3n) is 2.74. The number of hydrogen-bond donors (Lipinski definition) is 0. The van der Waals surface area contributed by atoms with Crippen molar-refractivity contribution >= 4 is 11.9 Å². The van der Waals surface area contributed by atoms with Gasteiger partial charge in [-0.2, -0.15) is 0 Å². The van der Waals surface area contributed by atoms with E-state index >= 15 is 0 Å². The van der Waals surface area contributed by atoms with Gasteiger partial charge < -0.3 is 9.47 Å². The topological polar surface area (TPSA) is 52.6 Å². The summed E-state index contributed by atoms with van der Waals surface area (Å²) < 4.78 is 10.1. The highest BCUT2D eigenvalue weighted by molar-refractivity contribution is 5.91. The molecule has 3 atom stereocenters.